The monoisotopic (exact) mass is 468 g/mol. The van der Waals surface area contributed by atoms with Crippen LogP contribution in [-0.4, -0.2) is 46.4 Å². The van der Waals surface area contributed by atoms with Crippen molar-refractivity contribution >= 4 is 23.3 Å². The van der Waals surface area contributed by atoms with Gasteiger partial charge >= 0.3 is 5.97 Å². The summed E-state index contributed by atoms with van der Waals surface area (Å²) in [6.45, 7) is 0.139. The molecule has 0 radical (unpaired) electrons. The van der Waals surface area contributed by atoms with Gasteiger partial charge in [0.25, 0.3) is 0 Å². The fourth-order valence-electron chi connectivity index (χ4n) is 4.26. The summed E-state index contributed by atoms with van der Waals surface area (Å²) >= 11 is 6.07. The zero-order valence-electron chi connectivity index (χ0n) is 18.0. The molecule has 8 heteroatoms. The number of nitrogens with one attached hydrogen (secondary N) is 2. The lowest BCUT2D eigenvalue weighted by Gasteiger charge is -2.54. The molecule has 1 aliphatic rings. The molecular weight excluding hydrogens is 444 g/mol. The Morgan fingerprint density at radius 1 is 1.09 bits per heavy atom. The molecule has 0 saturated carbocycles. The number of halogens is 1. The van der Waals surface area contributed by atoms with E-state index in [0.717, 1.165) is 16.8 Å². The van der Waals surface area contributed by atoms with E-state index in [-0.39, 0.29) is 18.5 Å². The molecule has 1 aliphatic heterocycles. The van der Waals surface area contributed by atoms with Crippen LogP contribution in [0.3, 0.4) is 0 Å². The van der Waals surface area contributed by atoms with Crippen molar-refractivity contribution in [3.05, 3.63) is 88.9 Å². The van der Waals surface area contributed by atoms with Crippen molar-refractivity contribution < 1.29 is 24.9 Å². The Balaban J connectivity index is 1.43. The molecule has 33 heavy (non-hydrogen) atoms. The van der Waals surface area contributed by atoms with Crippen molar-refractivity contribution in [2.45, 2.75) is 24.0 Å². The fraction of sp³-hybridized carbons (Fsp3) is 0.240. The summed E-state index contributed by atoms with van der Waals surface area (Å²) in [4.78, 5) is 11.3. The second kappa shape index (κ2) is 9.13. The van der Waals surface area contributed by atoms with E-state index in [0.29, 0.717) is 10.6 Å². The number of hydrogen-bond acceptors (Lipinski definition) is 6. The molecule has 3 unspecified atom stereocenters. The van der Waals surface area contributed by atoms with Crippen LogP contribution in [0, 0.1) is 0 Å². The van der Waals surface area contributed by atoms with Crippen molar-refractivity contribution in [2.24, 2.45) is 0 Å². The van der Waals surface area contributed by atoms with Crippen LogP contribution in [0.5, 0.6) is 0 Å². The molecule has 0 amide bonds. The van der Waals surface area contributed by atoms with Crippen LogP contribution < -0.4 is 10.6 Å². The van der Waals surface area contributed by atoms with E-state index in [2.05, 4.69) is 10.6 Å². The van der Waals surface area contributed by atoms with Gasteiger partial charge in [0.05, 0.1) is 12.1 Å². The molecule has 1 saturated heterocycles. The van der Waals surface area contributed by atoms with Gasteiger partial charge in [0.15, 0.2) is 5.72 Å². The molecule has 0 bridgehead atoms. The van der Waals surface area contributed by atoms with E-state index in [1.807, 2.05) is 30.3 Å². The topological polar surface area (TPSA) is 111 Å². The third kappa shape index (κ3) is 5.03. The molecule has 172 valence electrons. The highest BCUT2D eigenvalue weighted by molar-refractivity contribution is 6.30. The van der Waals surface area contributed by atoms with E-state index in [9.17, 15) is 20.1 Å². The lowest BCUT2D eigenvalue weighted by molar-refractivity contribution is -0.257. The average Bonchev–Trinajstić information content (AvgIpc) is 2.77. The maximum Gasteiger partial charge on any atom is 0.335 e. The highest BCUT2D eigenvalue weighted by atomic mass is 35.5. The third-order valence-corrected chi connectivity index (χ3v) is 5.96. The SMILES string of the molecule is COC(c1cccc(Cl)c1)C1(O)CC(O)(CNc2cccc(-c3cccc(C(=O)O)c3)c2)N1. The Morgan fingerprint density at radius 2 is 1.76 bits per heavy atom. The van der Waals surface area contributed by atoms with Gasteiger partial charge in [0.1, 0.15) is 11.8 Å². The summed E-state index contributed by atoms with van der Waals surface area (Å²) in [5, 5.41) is 37.6. The number of aromatic carboxylic acids is 1. The van der Waals surface area contributed by atoms with Crippen LogP contribution in [-0.2, 0) is 4.74 Å². The van der Waals surface area contributed by atoms with Gasteiger partial charge in [-0.05, 0) is 53.1 Å². The number of rotatable bonds is 8. The molecule has 3 aromatic carbocycles. The first kappa shape index (κ1) is 23.2. The number of carbonyl (C=O) groups is 1. The molecule has 0 spiro atoms. The first-order chi connectivity index (χ1) is 15.7. The number of carboxylic acids is 1. The summed E-state index contributed by atoms with van der Waals surface area (Å²) in [6.07, 6.45) is -0.667. The minimum atomic E-state index is -1.45. The second-order valence-electron chi connectivity index (χ2n) is 8.25. The summed E-state index contributed by atoms with van der Waals surface area (Å²) in [5.41, 5.74) is 0.485. The van der Waals surface area contributed by atoms with E-state index in [4.69, 9.17) is 16.3 Å². The lowest BCUT2D eigenvalue weighted by atomic mass is 9.82. The van der Waals surface area contributed by atoms with Gasteiger partial charge in [-0.1, -0.05) is 48.0 Å². The van der Waals surface area contributed by atoms with Gasteiger partial charge in [-0.25, -0.2) is 4.79 Å². The normalized spacial score (nSPS) is 22.9. The maximum absolute atomic E-state index is 11.3. The quantitative estimate of drug-likeness (QED) is 0.341. The first-order valence-corrected chi connectivity index (χ1v) is 10.8. The number of carboxylic acid groups (broad SMARTS) is 1. The summed E-state index contributed by atoms with van der Waals surface area (Å²) in [6, 6.07) is 21.2. The minimum absolute atomic E-state index is 0.0400. The van der Waals surface area contributed by atoms with E-state index in [1.54, 1.807) is 42.5 Å². The van der Waals surface area contributed by atoms with Crippen LogP contribution in [0.15, 0.2) is 72.8 Å². The Kier molecular flexibility index (Phi) is 6.43. The van der Waals surface area contributed by atoms with Crippen LogP contribution in [0.4, 0.5) is 5.69 Å². The van der Waals surface area contributed by atoms with Crippen molar-refractivity contribution in [3.8, 4) is 11.1 Å². The smallest absolute Gasteiger partial charge is 0.335 e. The zero-order valence-corrected chi connectivity index (χ0v) is 18.7. The molecule has 3 atom stereocenters. The number of aliphatic hydroxyl groups is 2. The van der Waals surface area contributed by atoms with Gasteiger partial charge in [-0.2, -0.15) is 0 Å². The van der Waals surface area contributed by atoms with E-state index >= 15 is 0 Å². The van der Waals surface area contributed by atoms with E-state index < -0.39 is 23.5 Å². The van der Waals surface area contributed by atoms with Crippen LogP contribution >= 0.6 is 11.6 Å². The highest BCUT2D eigenvalue weighted by Gasteiger charge is 2.57. The van der Waals surface area contributed by atoms with Crippen LogP contribution in [0.25, 0.3) is 11.1 Å². The molecule has 0 aromatic heterocycles. The van der Waals surface area contributed by atoms with Crippen LogP contribution in [0.2, 0.25) is 5.02 Å². The summed E-state index contributed by atoms with van der Waals surface area (Å²) < 4.78 is 5.50. The van der Waals surface area contributed by atoms with Crippen molar-refractivity contribution in [1.29, 1.82) is 0 Å². The van der Waals surface area contributed by atoms with Gasteiger partial charge in [-0.3, -0.25) is 5.32 Å². The molecule has 5 N–H and O–H groups in total. The third-order valence-electron chi connectivity index (χ3n) is 5.72. The van der Waals surface area contributed by atoms with E-state index in [1.165, 1.54) is 7.11 Å². The fourth-order valence-corrected chi connectivity index (χ4v) is 4.46. The molecule has 1 fully saturated rings. The standard InChI is InChI=1S/C25H25ClN2O5/c1-33-22(18-7-3-9-20(26)12-18)25(32)14-24(31,28-25)15-27-21-10-4-6-17(13-21)16-5-2-8-19(11-16)23(29)30/h2-13,22,27-28,31-32H,14-15H2,1H3,(H,29,30). The van der Waals surface area contributed by atoms with Crippen molar-refractivity contribution in [3.63, 3.8) is 0 Å². The Labute approximate surface area is 196 Å². The van der Waals surface area contributed by atoms with Crippen molar-refractivity contribution in [2.75, 3.05) is 19.0 Å². The lowest BCUT2D eigenvalue weighted by Crippen LogP contribution is -2.76. The molecule has 3 aromatic rings. The Bertz CT molecular complexity index is 1160. The molecule has 4 rings (SSSR count). The molecule has 0 aliphatic carbocycles. The largest absolute Gasteiger partial charge is 0.478 e. The van der Waals surface area contributed by atoms with Gasteiger partial charge in [-0.15, -0.1) is 0 Å². The van der Waals surface area contributed by atoms with Crippen LogP contribution in [0.1, 0.15) is 28.4 Å². The number of hydrogen-bond donors (Lipinski definition) is 5. The summed E-state index contributed by atoms with van der Waals surface area (Å²) in [5.74, 6) is -0.982. The minimum Gasteiger partial charge on any atom is -0.478 e. The van der Waals surface area contributed by atoms with Gasteiger partial charge < -0.3 is 25.4 Å². The Morgan fingerprint density at radius 3 is 2.42 bits per heavy atom. The summed E-state index contributed by atoms with van der Waals surface area (Å²) in [7, 11) is 1.49. The predicted molar refractivity (Wildman–Crippen MR) is 126 cm³/mol. The first-order valence-electron chi connectivity index (χ1n) is 10.4. The second-order valence-corrected chi connectivity index (χ2v) is 8.69. The number of anilines is 1. The number of methoxy groups -OCH3 is 1. The van der Waals surface area contributed by atoms with Gasteiger partial charge in [0, 0.05) is 24.2 Å². The molecule has 1 heterocycles. The van der Waals surface area contributed by atoms with Gasteiger partial charge in [0.2, 0.25) is 0 Å². The Hall–Kier alpha value is -2.94. The number of ether oxygens (including phenoxy) is 1. The predicted octanol–water partition coefficient (Wildman–Crippen LogP) is 3.88. The zero-order chi connectivity index (χ0) is 23.6. The van der Waals surface area contributed by atoms with Crippen molar-refractivity contribution in [1.82, 2.24) is 5.32 Å². The number of benzene rings is 3. The highest BCUT2D eigenvalue weighted by Crippen LogP contribution is 2.41. The maximum atomic E-state index is 11.3. The average molecular weight is 469 g/mol. The molecule has 7 nitrogen and oxygen atoms in total. The molecular formula is C25H25ClN2O5.